The predicted molar refractivity (Wildman–Crippen MR) is 55.2 cm³/mol. The zero-order valence-corrected chi connectivity index (χ0v) is 9.40. The van der Waals surface area contributed by atoms with Gasteiger partial charge in [0.15, 0.2) is 5.25 Å². The van der Waals surface area contributed by atoms with Crippen LogP contribution in [0.1, 0.15) is 13.3 Å². The van der Waals surface area contributed by atoms with Crippen LogP contribution < -0.4 is 5.73 Å². The fraction of sp³-hybridized carbons (Fsp3) is 0.800. The number of carbonyl (C=O) groups is 1. The molecule has 0 spiro atoms. The van der Waals surface area contributed by atoms with E-state index in [1.54, 1.807) is 6.92 Å². The maximum Gasteiger partial charge on any atom is 0.276 e. The highest BCUT2D eigenvalue weighted by molar-refractivity contribution is 8.68. The number of thiol groups is 1. The summed E-state index contributed by atoms with van der Waals surface area (Å²) in [6, 6.07) is 0. The first-order chi connectivity index (χ1) is 5.79. The molecule has 0 aliphatic rings. The number of nitrogens with two attached hydrogens (primary N) is 1. The zero-order valence-electron chi connectivity index (χ0n) is 6.87. The molecule has 3 N–H and O–H groups in total. The number of rotatable bonds is 5. The molecular formula is C5H11NO4S3. The van der Waals surface area contributed by atoms with E-state index in [1.165, 1.54) is 0 Å². The monoisotopic (exact) mass is 245 g/mol. The van der Waals surface area contributed by atoms with Crippen molar-refractivity contribution in [1.29, 1.82) is 0 Å². The van der Waals surface area contributed by atoms with Gasteiger partial charge in [-0.1, -0.05) is 17.7 Å². The van der Waals surface area contributed by atoms with Gasteiger partial charge in [-0.15, -0.1) is 11.7 Å². The molecule has 0 aliphatic carbocycles. The molecule has 0 saturated carbocycles. The van der Waals surface area contributed by atoms with Crippen molar-refractivity contribution in [3.05, 3.63) is 0 Å². The molecule has 0 rings (SSSR count). The lowest BCUT2D eigenvalue weighted by atomic mass is 10.2. The van der Waals surface area contributed by atoms with Crippen molar-refractivity contribution in [2.45, 2.75) is 23.8 Å². The van der Waals surface area contributed by atoms with Crippen LogP contribution in [0.2, 0.25) is 0 Å². The Bertz CT molecular complexity index is 276. The van der Waals surface area contributed by atoms with Gasteiger partial charge in [0.1, 0.15) is 0 Å². The van der Waals surface area contributed by atoms with Gasteiger partial charge >= 0.3 is 0 Å². The second-order valence-corrected chi connectivity index (χ2v) is 5.80. The van der Waals surface area contributed by atoms with E-state index in [9.17, 15) is 13.2 Å². The Hall–Kier alpha value is 0.0800. The smallest absolute Gasteiger partial charge is 0.276 e. The maximum absolute atomic E-state index is 10.6. The molecule has 2 atom stereocenters. The Morgan fingerprint density at radius 3 is 2.38 bits per heavy atom. The third kappa shape index (κ3) is 4.75. The van der Waals surface area contributed by atoms with Crippen molar-refractivity contribution < 1.29 is 17.8 Å². The van der Waals surface area contributed by atoms with Crippen LogP contribution in [0.5, 0.6) is 0 Å². The molecule has 0 aliphatic heterocycles. The van der Waals surface area contributed by atoms with Gasteiger partial charge < -0.3 is 5.73 Å². The summed E-state index contributed by atoms with van der Waals surface area (Å²) >= 11 is 3.84. The van der Waals surface area contributed by atoms with Crippen LogP contribution in [-0.2, 0) is 14.9 Å². The second kappa shape index (κ2) is 5.08. The van der Waals surface area contributed by atoms with E-state index in [2.05, 4.69) is 11.7 Å². The fourth-order valence-electron chi connectivity index (χ4n) is 0.729. The highest BCUT2D eigenvalue weighted by Gasteiger charge is 2.30. The molecule has 78 valence electrons. The van der Waals surface area contributed by atoms with E-state index in [0.29, 0.717) is 0 Å². The summed E-state index contributed by atoms with van der Waals surface area (Å²) in [5.41, 5.74) is 4.81. The molecule has 8 heteroatoms. The van der Waals surface area contributed by atoms with Crippen LogP contribution in [0.15, 0.2) is 0 Å². The van der Waals surface area contributed by atoms with Crippen molar-refractivity contribution >= 4 is 38.5 Å². The van der Waals surface area contributed by atoms with Crippen LogP contribution in [0.3, 0.4) is 0 Å². The molecule has 1 amide bonds. The van der Waals surface area contributed by atoms with Crippen LogP contribution >= 0.6 is 22.5 Å². The summed E-state index contributed by atoms with van der Waals surface area (Å²) in [7, 11) is -3.29. The topological polar surface area (TPSA) is 97.5 Å². The summed E-state index contributed by atoms with van der Waals surface area (Å²) in [6.45, 7) is 1.68. The van der Waals surface area contributed by atoms with E-state index < -0.39 is 21.3 Å². The average molecular weight is 245 g/mol. The third-order valence-corrected chi connectivity index (χ3v) is 4.18. The normalized spacial score (nSPS) is 16.5. The van der Waals surface area contributed by atoms with Crippen molar-refractivity contribution in [2.24, 2.45) is 5.73 Å². The van der Waals surface area contributed by atoms with Crippen LogP contribution in [0.25, 0.3) is 0 Å². The average Bonchev–Trinajstić information content (AvgIpc) is 1.96. The Morgan fingerprint density at radius 1 is 1.69 bits per heavy atom. The summed E-state index contributed by atoms with van der Waals surface area (Å²) in [5.74, 6) is -1.04. The van der Waals surface area contributed by atoms with Crippen molar-refractivity contribution in [2.75, 3.05) is 0 Å². The number of hydrogen-bond acceptors (Lipinski definition) is 5. The van der Waals surface area contributed by atoms with Crippen LogP contribution in [0.4, 0.5) is 0 Å². The Labute approximate surface area is 86.0 Å². The van der Waals surface area contributed by atoms with Crippen molar-refractivity contribution in [3.8, 4) is 0 Å². The van der Waals surface area contributed by atoms with Gasteiger partial charge in [-0.3, -0.25) is 9.35 Å². The summed E-state index contributed by atoms with van der Waals surface area (Å²) < 4.78 is 29.9. The van der Waals surface area contributed by atoms with E-state index >= 15 is 0 Å². The first-order valence-corrected chi connectivity index (χ1v) is 6.78. The third-order valence-electron chi connectivity index (χ3n) is 1.40. The fourth-order valence-corrected chi connectivity index (χ4v) is 2.21. The number of amides is 1. The first kappa shape index (κ1) is 13.1. The van der Waals surface area contributed by atoms with E-state index in [-0.39, 0.29) is 11.7 Å². The maximum atomic E-state index is 10.6. The molecule has 0 radical (unpaired) electrons. The van der Waals surface area contributed by atoms with Gasteiger partial charge in [0.2, 0.25) is 5.91 Å². The van der Waals surface area contributed by atoms with Gasteiger partial charge in [-0.05, 0) is 6.42 Å². The van der Waals surface area contributed by atoms with E-state index in [4.69, 9.17) is 10.3 Å². The first-order valence-electron chi connectivity index (χ1n) is 3.35. The second-order valence-electron chi connectivity index (χ2n) is 2.56. The predicted octanol–water partition coefficient (Wildman–Crippen LogP) is 0.0847. The summed E-state index contributed by atoms with van der Waals surface area (Å²) in [4.78, 5) is 10.6. The van der Waals surface area contributed by atoms with Crippen LogP contribution in [0, 0.1) is 0 Å². The Morgan fingerprint density at radius 2 is 2.15 bits per heavy atom. The van der Waals surface area contributed by atoms with Gasteiger partial charge in [0.05, 0.1) is 0 Å². The van der Waals surface area contributed by atoms with E-state index in [1.807, 2.05) is 0 Å². The number of hydrogen-bond donors (Lipinski definition) is 3. The molecule has 0 aromatic rings. The minimum absolute atomic E-state index is 0.0394. The van der Waals surface area contributed by atoms with Gasteiger partial charge in [0, 0.05) is 5.25 Å². The lowest BCUT2D eigenvalue weighted by molar-refractivity contribution is -0.117. The molecule has 0 aromatic heterocycles. The van der Waals surface area contributed by atoms with Gasteiger partial charge in [-0.25, -0.2) is 0 Å². The quantitative estimate of drug-likeness (QED) is 0.362. The number of primary amides is 1. The van der Waals surface area contributed by atoms with E-state index in [0.717, 1.165) is 10.8 Å². The molecule has 2 unspecified atom stereocenters. The van der Waals surface area contributed by atoms with Crippen molar-refractivity contribution in [3.63, 3.8) is 0 Å². The summed E-state index contributed by atoms with van der Waals surface area (Å²) in [5, 5.41) is -1.72. The molecule has 13 heavy (non-hydrogen) atoms. The molecule has 0 fully saturated rings. The molecular weight excluding hydrogens is 234 g/mol. The zero-order chi connectivity index (χ0) is 10.6. The Kier molecular flexibility index (Phi) is 5.11. The molecule has 0 aromatic carbocycles. The molecule has 0 bridgehead atoms. The Balaban J connectivity index is 4.56. The minimum Gasteiger partial charge on any atom is -0.368 e. The molecule has 5 nitrogen and oxygen atoms in total. The molecule has 0 heterocycles. The lowest BCUT2D eigenvalue weighted by Gasteiger charge is -2.13. The minimum atomic E-state index is -4.39. The largest absolute Gasteiger partial charge is 0.368 e. The standard InChI is InChI=1S/C5H11NO4S3/c1-3(12-11)2-4(5(6)7)13(8,9)10/h3-4,11H,2H2,1H3,(H2,6,7)(H,8,9,10). The van der Waals surface area contributed by atoms with Gasteiger partial charge in [-0.2, -0.15) is 8.42 Å². The van der Waals surface area contributed by atoms with Gasteiger partial charge in [0.25, 0.3) is 10.1 Å². The van der Waals surface area contributed by atoms with Crippen molar-refractivity contribution in [1.82, 2.24) is 0 Å². The lowest BCUT2D eigenvalue weighted by Crippen LogP contribution is -2.37. The summed E-state index contributed by atoms with van der Waals surface area (Å²) in [6.07, 6.45) is -0.0394. The highest BCUT2D eigenvalue weighted by Crippen LogP contribution is 2.21. The van der Waals surface area contributed by atoms with Crippen LogP contribution in [-0.4, -0.2) is 29.4 Å². The highest BCUT2D eigenvalue weighted by atomic mass is 33.1. The number of carbonyl (C=O) groups excluding carboxylic acids is 1. The molecule has 0 saturated heterocycles. The SMILES string of the molecule is CC(CC(C(N)=O)S(=O)(=O)O)SS.